The molecule has 0 spiro atoms. The second kappa shape index (κ2) is 9.68. The number of nitrogens with one attached hydrogen (secondary N) is 2. The Hall–Kier alpha value is -3.41. The van der Waals surface area contributed by atoms with Gasteiger partial charge in [-0.2, -0.15) is 0 Å². The van der Waals surface area contributed by atoms with E-state index < -0.39 is 0 Å². The van der Waals surface area contributed by atoms with Crippen LogP contribution in [0.1, 0.15) is 28.2 Å². The molecule has 0 saturated heterocycles. The van der Waals surface area contributed by atoms with E-state index in [1.807, 2.05) is 60.0 Å². The lowest BCUT2D eigenvalue weighted by Gasteiger charge is -2.10. The zero-order valence-corrected chi connectivity index (χ0v) is 16.6. The summed E-state index contributed by atoms with van der Waals surface area (Å²) in [6.45, 7) is 6.73. The van der Waals surface area contributed by atoms with E-state index in [2.05, 4.69) is 22.2 Å². The summed E-state index contributed by atoms with van der Waals surface area (Å²) >= 11 is 0. The van der Waals surface area contributed by atoms with Gasteiger partial charge in [0, 0.05) is 25.1 Å². The summed E-state index contributed by atoms with van der Waals surface area (Å²) in [5.41, 5.74) is 3.44. The van der Waals surface area contributed by atoms with Crippen molar-refractivity contribution in [1.82, 2.24) is 20.2 Å². The molecule has 0 saturated carbocycles. The monoisotopic (exact) mass is 390 g/mol. The Labute approximate surface area is 170 Å². The van der Waals surface area contributed by atoms with Gasteiger partial charge in [0.05, 0.1) is 11.0 Å². The summed E-state index contributed by atoms with van der Waals surface area (Å²) in [6.07, 6.45) is 3.05. The SMILES string of the molecule is C=CCNC(=O)Cn1c(CCCNC(=O)c2ccccc2C)nc2ccccc21. The lowest BCUT2D eigenvalue weighted by Crippen LogP contribution is -2.28. The summed E-state index contributed by atoms with van der Waals surface area (Å²) < 4.78 is 1.94. The molecule has 3 rings (SSSR count). The fourth-order valence-corrected chi connectivity index (χ4v) is 3.25. The highest BCUT2D eigenvalue weighted by Crippen LogP contribution is 2.17. The highest BCUT2D eigenvalue weighted by molar-refractivity contribution is 5.95. The average molecular weight is 390 g/mol. The Kier molecular flexibility index (Phi) is 6.79. The van der Waals surface area contributed by atoms with Crippen LogP contribution >= 0.6 is 0 Å². The Bertz CT molecular complexity index is 1020. The van der Waals surface area contributed by atoms with Gasteiger partial charge >= 0.3 is 0 Å². The molecule has 0 radical (unpaired) electrons. The van der Waals surface area contributed by atoms with Gasteiger partial charge in [-0.25, -0.2) is 4.98 Å². The highest BCUT2D eigenvalue weighted by atomic mass is 16.2. The minimum absolute atomic E-state index is 0.0691. The summed E-state index contributed by atoms with van der Waals surface area (Å²) in [6, 6.07) is 15.3. The fourth-order valence-electron chi connectivity index (χ4n) is 3.25. The second-order valence-corrected chi connectivity index (χ2v) is 6.87. The molecule has 0 aliphatic heterocycles. The zero-order chi connectivity index (χ0) is 20.6. The van der Waals surface area contributed by atoms with Crippen molar-refractivity contribution in [3.63, 3.8) is 0 Å². The Balaban J connectivity index is 1.64. The summed E-state index contributed by atoms with van der Waals surface area (Å²) in [5, 5.41) is 5.77. The number of amides is 2. The molecule has 0 unspecified atom stereocenters. The number of fused-ring (bicyclic) bond motifs is 1. The predicted molar refractivity (Wildman–Crippen MR) is 115 cm³/mol. The van der Waals surface area contributed by atoms with Crippen molar-refractivity contribution in [2.24, 2.45) is 0 Å². The second-order valence-electron chi connectivity index (χ2n) is 6.87. The topological polar surface area (TPSA) is 76.0 Å². The van der Waals surface area contributed by atoms with Gasteiger partial charge in [-0.3, -0.25) is 9.59 Å². The summed E-state index contributed by atoms with van der Waals surface area (Å²) in [7, 11) is 0. The number of carbonyl (C=O) groups is 2. The maximum absolute atomic E-state index is 12.3. The van der Waals surface area contributed by atoms with Gasteiger partial charge in [-0.05, 0) is 37.1 Å². The van der Waals surface area contributed by atoms with E-state index in [0.29, 0.717) is 25.1 Å². The van der Waals surface area contributed by atoms with Gasteiger partial charge in [0.25, 0.3) is 5.91 Å². The number of hydrogen-bond acceptors (Lipinski definition) is 3. The first-order valence-corrected chi connectivity index (χ1v) is 9.75. The third kappa shape index (κ3) is 5.10. The van der Waals surface area contributed by atoms with Crippen LogP contribution in [0.25, 0.3) is 11.0 Å². The molecule has 150 valence electrons. The molecule has 0 fully saturated rings. The molecule has 0 atom stereocenters. The third-order valence-corrected chi connectivity index (χ3v) is 4.73. The fraction of sp³-hybridized carbons (Fsp3) is 0.261. The lowest BCUT2D eigenvalue weighted by atomic mass is 10.1. The van der Waals surface area contributed by atoms with E-state index in [1.165, 1.54) is 0 Å². The number of para-hydroxylation sites is 2. The number of benzene rings is 2. The molecule has 0 bridgehead atoms. The van der Waals surface area contributed by atoms with Crippen LogP contribution in [0.5, 0.6) is 0 Å². The van der Waals surface area contributed by atoms with E-state index in [-0.39, 0.29) is 18.4 Å². The molecule has 2 N–H and O–H groups in total. The van der Waals surface area contributed by atoms with Crippen LogP contribution in [0.3, 0.4) is 0 Å². The molecule has 2 amide bonds. The van der Waals surface area contributed by atoms with Gasteiger partial charge < -0.3 is 15.2 Å². The van der Waals surface area contributed by atoms with Gasteiger partial charge in [0.15, 0.2) is 0 Å². The Morgan fingerprint density at radius 3 is 2.66 bits per heavy atom. The van der Waals surface area contributed by atoms with Gasteiger partial charge in [0.1, 0.15) is 12.4 Å². The van der Waals surface area contributed by atoms with Crippen molar-refractivity contribution in [2.45, 2.75) is 26.3 Å². The zero-order valence-electron chi connectivity index (χ0n) is 16.6. The average Bonchev–Trinajstić information content (AvgIpc) is 3.07. The Morgan fingerprint density at radius 2 is 1.86 bits per heavy atom. The molecule has 3 aromatic rings. The summed E-state index contributed by atoms with van der Waals surface area (Å²) in [4.78, 5) is 29.2. The molecule has 1 aromatic heterocycles. The van der Waals surface area contributed by atoms with Crippen molar-refractivity contribution >= 4 is 22.8 Å². The molecule has 2 aromatic carbocycles. The van der Waals surface area contributed by atoms with Crippen LogP contribution in [0.2, 0.25) is 0 Å². The van der Waals surface area contributed by atoms with E-state index in [1.54, 1.807) is 6.08 Å². The van der Waals surface area contributed by atoms with Crippen LogP contribution in [0.4, 0.5) is 0 Å². The van der Waals surface area contributed by atoms with Crippen molar-refractivity contribution in [2.75, 3.05) is 13.1 Å². The maximum atomic E-state index is 12.3. The van der Waals surface area contributed by atoms with Crippen LogP contribution < -0.4 is 10.6 Å². The van der Waals surface area contributed by atoms with Crippen LogP contribution in [-0.2, 0) is 17.8 Å². The van der Waals surface area contributed by atoms with Gasteiger partial charge in [-0.1, -0.05) is 36.4 Å². The Morgan fingerprint density at radius 1 is 1.10 bits per heavy atom. The molecule has 0 aliphatic rings. The van der Waals surface area contributed by atoms with E-state index in [9.17, 15) is 9.59 Å². The molecule has 29 heavy (non-hydrogen) atoms. The van der Waals surface area contributed by atoms with Crippen LogP contribution in [0.15, 0.2) is 61.2 Å². The third-order valence-electron chi connectivity index (χ3n) is 4.73. The summed E-state index contributed by atoms with van der Waals surface area (Å²) in [5.74, 6) is 0.688. The van der Waals surface area contributed by atoms with Gasteiger partial charge in [0.2, 0.25) is 5.91 Å². The number of aryl methyl sites for hydroxylation is 2. The van der Waals surface area contributed by atoms with E-state index in [4.69, 9.17) is 0 Å². The number of nitrogens with zero attached hydrogens (tertiary/aromatic N) is 2. The molecule has 0 aliphatic carbocycles. The number of aromatic nitrogens is 2. The quantitative estimate of drug-likeness (QED) is 0.436. The van der Waals surface area contributed by atoms with Gasteiger partial charge in [-0.15, -0.1) is 6.58 Å². The first kappa shape index (κ1) is 20.3. The van der Waals surface area contributed by atoms with Crippen molar-refractivity contribution in [1.29, 1.82) is 0 Å². The highest BCUT2D eigenvalue weighted by Gasteiger charge is 2.13. The number of carbonyl (C=O) groups excluding carboxylic acids is 2. The number of imidazole rings is 1. The molecular weight excluding hydrogens is 364 g/mol. The molecule has 1 heterocycles. The van der Waals surface area contributed by atoms with E-state index >= 15 is 0 Å². The van der Waals surface area contributed by atoms with Crippen molar-refractivity contribution in [3.05, 3.63) is 78.1 Å². The molecular formula is C23H26N4O2. The standard InChI is InChI=1S/C23H26N4O2/c1-3-14-24-22(28)16-27-20-12-7-6-11-19(20)26-21(27)13-8-15-25-23(29)18-10-5-4-9-17(18)2/h3-7,9-12H,1,8,13-16H2,2H3,(H,24,28)(H,25,29). The van der Waals surface area contributed by atoms with Crippen molar-refractivity contribution < 1.29 is 9.59 Å². The minimum Gasteiger partial charge on any atom is -0.352 e. The van der Waals surface area contributed by atoms with E-state index in [0.717, 1.165) is 28.8 Å². The smallest absolute Gasteiger partial charge is 0.251 e. The van der Waals surface area contributed by atoms with Crippen LogP contribution in [-0.4, -0.2) is 34.5 Å². The minimum atomic E-state index is -0.0813. The number of hydrogen-bond donors (Lipinski definition) is 2. The maximum Gasteiger partial charge on any atom is 0.251 e. The normalized spacial score (nSPS) is 10.7. The molecule has 6 heteroatoms. The predicted octanol–water partition coefficient (Wildman–Crippen LogP) is 3.01. The first-order valence-electron chi connectivity index (χ1n) is 9.75. The largest absolute Gasteiger partial charge is 0.352 e. The number of rotatable bonds is 9. The first-order chi connectivity index (χ1) is 14.1. The van der Waals surface area contributed by atoms with Crippen molar-refractivity contribution in [3.8, 4) is 0 Å². The lowest BCUT2D eigenvalue weighted by molar-refractivity contribution is -0.121. The van der Waals surface area contributed by atoms with Crippen LogP contribution in [0, 0.1) is 6.92 Å². The molecule has 6 nitrogen and oxygen atoms in total.